The minimum absolute atomic E-state index is 0.196. The van der Waals surface area contributed by atoms with Crippen molar-refractivity contribution < 1.29 is 4.74 Å². The van der Waals surface area contributed by atoms with Gasteiger partial charge in [0, 0.05) is 18.3 Å². The van der Waals surface area contributed by atoms with E-state index in [1.165, 1.54) is 11.1 Å². The smallest absolute Gasteiger partial charge is 0.144 e. The van der Waals surface area contributed by atoms with Crippen LogP contribution in [0, 0.1) is 0 Å². The van der Waals surface area contributed by atoms with Crippen LogP contribution in [-0.4, -0.2) is 13.2 Å². The normalized spacial score (nSPS) is 14.4. The van der Waals surface area contributed by atoms with Crippen LogP contribution in [-0.2, 0) is 12.0 Å². The number of ether oxygens (including phenoxy) is 1. The van der Waals surface area contributed by atoms with Crippen LogP contribution in [0.3, 0.4) is 0 Å². The van der Waals surface area contributed by atoms with Gasteiger partial charge in [0.05, 0.1) is 12.2 Å². The Morgan fingerprint density at radius 3 is 2.50 bits per heavy atom. The highest BCUT2D eigenvalue weighted by atomic mass is 16.5. The third kappa shape index (κ3) is 3.03. The first-order valence-electron chi connectivity index (χ1n) is 7.80. The number of hydrogen-bond acceptors (Lipinski definition) is 3. The summed E-state index contributed by atoms with van der Waals surface area (Å²) in [6.45, 7) is 9.22. The van der Waals surface area contributed by atoms with Crippen LogP contribution >= 0.6 is 0 Å². The second-order valence-electron chi connectivity index (χ2n) is 6.94. The van der Waals surface area contributed by atoms with Gasteiger partial charge in [-0.15, -0.1) is 0 Å². The SMILES string of the molecule is CC(C)(C)c1ccc(CN2CCOc3cc(N)ccc32)cc1. The molecule has 1 heterocycles. The monoisotopic (exact) mass is 296 g/mol. The van der Waals surface area contributed by atoms with Crippen molar-refractivity contribution in [1.82, 2.24) is 0 Å². The molecule has 3 rings (SSSR count). The van der Waals surface area contributed by atoms with E-state index < -0.39 is 0 Å². The third-order valence-electron chi connectivity index (χ3n) is 4.14. The highest BCUT2D eigenvalue weighted by Crippen LogP contribution is 2.34. The van der Waals surface area contributed by atoms with Gasteiger partial charge in [0.1, 0.15) is 12.4 Å². The first-order chi connectivity index (χ1) is 10.4. The molecule has 0 radical (unpaired) electrons. The van der Waals surface area contributed by atoms with Crippen molar-refractivity contribution in [2.75, 3.05) is 23.8 Å². The Kier molecular flexibility index (Phi) is 3.73. The number of rotatable bonds is 2. The van der Waals surface area contributed by atoms with E-state index in [-0.39, 0.29) is 5.41 Å². The Balaban J connectivity index is 1.80. The van der Waals surface area contributed by atoms with Gasteiger partial charge in [-0.25, -0.2) is 0 Å². The number of anilines is 2. The van der Waals surface area contributed by atoms with E-state index in [0.717, 1.165) is 30.2 Å². The molecule has 116 valence electrons. The van der Waals surface area contributed by atoms with Crippen LogP contribution in [0.2, 0.25) is 0 Å². The number of nitrogen functional groups attached to an aromatic ring is 1. The van der Waals surface area contributed by atoms with E-state index in [9.17, 15) is 0 Å². The molecule has 2 N–H and O–H groups in total. The molecule has 1 aliphatic rings. The number of nitrogens with zero attached hydrogens (tertiary/aromatic N) is 1. The molecule has 0 atom stereocenters. The van der Waals surface area contributed by atoms with E-state index in [0.29, 0.717) is 6.61 Å². The van der Waals surface area contributed by atoms with Crippen LogP contribution in [0.5, 0.6) is 5.75 Å². The van der Waals surface area contributed by atoms with Crippen LogP contribution < -0.4 is 15.4 Å². The van der Waals surface area contributed by atoms with E-state index in [1.54, 1.807) is 0 Å². The molecular weight excluding hydrogens is 272 g/mol. The number of fused-ring (bicyclic) bond motifs is 1. The minimum Gasteiger partial charge on any atom is -0.489 e. The van der Waals surface area contributed by atoms with Gasteiger partial charge in [0.15, 0.2) is 0 Å². The molecule has 0 spiro atoms. The zero-order valence-electron chi connectivity index (χ0n) is 13.6. The Labute approximate surface area is 132 Å². The Morgan fingerprint density at radius 2 is 1.82 bits per heavy atom. The van der Waals surface area contributed by atoms with Crippen LogP contribution in [0.1, 0.15) is 31.9 Å². The Hall–Kier alpha value is -2.16. The van der Waals surface area contributed by atoms with Gasteiger partial charge >= 0.3 is 0 Å². The van der Waals surface area contributed by atoms with Crippen molar-refractivity contribution in [3.63, 3.8) is 0 Å². The molecule has 0 fully saturated rings. The summed E-state index contributed by atoms with van der Waals surface area (Å²) in [5, 5.41) is 0. The summed E-state index contributed by atoms with van der Waals surface area (Å²) in [6.07, 6.45) is 0. The van der Waals surface area contributed by atoms with Gasteiger partial charge in [0.25, 0.3) is 0 Å². The summed E-state index contributed by atoms with van der Waals surface area (Å²) in [5.41, 5.74) is 10.6. The summed E-state index contributed by atoms with van der Waals surface area (Å²) >= 11 is 0. The van der Waals surface area contributed by atoms with Crippen molar-refractivity contribution in [2.45, 2.75) is 32.7 Å². The first-order valence-corrected chi connectivity index (χ1v) is 7.80. The Bertz CT molecular complexity index is 656. The fraction of sp³-hybridized carbons (Fsp3) is 0.368. The summed E-state index contributed by atoms with van der Waals surface area (Å²) in [5.74, 6) is 0.887. The van der Waals surface area contributed by atoms with Gasteiger partial charge < -0.3 is 15.4 Å². The molecule has 2 aromatic rings. The van der Waals surface area contributed by atoms with E-state index in [4.69, 9.17) is 10.5 Å². The fourth-order valence-electron chi connectivity index (χ4n) is 2.79. The van der Waals surface area contributed by atoms with Crippen LogP contribution in [0.25, 0.3) is 0 Å². The van der Waals surface area contributed by atoms with Gasteiger partial charge in [-0.2, -0.15) is 0 Å². The number of nitrogens with two attached hydrogens (primary N) is 1. The topological polar surface area (TPSA) is 38.5 Å². The van der Waals surface area contributed by atoms with Gasteiger partial charge in [-0.3, -0.25) is 0 Å². The molecule has 0 aliphatic carbocycles. The summed E-state index contributed by atoms with van der Waals surface area (Å²) in [6, 6.07) is 14.8. The van der Waals surface area contributed by atoms with Crippen molar-refractivity contribution in [3.8, 4) is 5.75 Å². The fourth-order valence-corrected chi connectivity index (χ4v) is 2.79. The lowest BCUT2D eigenvalue weighted by molar-refractivity contribution is 0.307. The lowest BCUT2D eigenvalue weighted by atomic mass is 9.87. The second-order valence-corrected chi connectivity index (χ2v) is 6.94. The average molecular weight is 296 g/mol. The molecule has 22 heavy (non-hydrogen) atoms. The molecule has 0 saturated carbocycles. The predicted octanol–water partition coefficient (Wildman–Crippen LogP) is 3.97. The van der Waals surface area contributed by atoms with Crippen molar-refractivity contribution >= 4 is 11.4 Å². The summed E-state index contributed by atoms with van der Waals surface area (Å²) in [7, 11) is 0. The average Bonchev–Trinajstić information content (AvgIpc) is 2.47. The molecule has 0 aromatic heterocycles. The Morgan fingerprint density at radius 1 is 1.09 bits per heavy atom. The molecule has 3 nitrogen and oxygen atoms in total. The highest BCUT2D eigenvalue weighted by molar-refractivity contribution is 5.65. The van der Waals surface area contributed by atoms with Crippen molar-refractivity contribution in [3.05, 3.63) is 53.6 Å². The van der Waals surface area contributed by atoms with Crippen molar-refractivity contribution in [1.29, 1.82) is 0 Å². The zero-order valence-corrected chi connectivity index (χ0v) is 13.6. The maximum Gasteiger partial charge on any atom is 0.144 e. The lowest BCUT2D eigenvalue weighted by Crippen LogP contribution is -2.32. The van der Waals surface area contributed by atoms with Gasteiger partial charge in [-0.05, 0) is 28.7 Å². The zero-order chi connectivity index (χ0) is 15.7. The minimum atomic E-state index is 0.196. The van der Waals surface area contributed by atoms with Crippen LogP contribution in [0.15, 0.2) is 42.5 Å². The van der Waals surface area contributed by atoms with E-state index >= 15 is 0 Å². The third-order valence-corrected chi connectivity index (χ3v) is 4.14. The molecule has 0 amide bonds. The quantitative estimate of drug-likeness (QED) is 0.852. The second kappa shape index (κ2) is 5.56. The summed E-state index contributed by atoms with van der Waals surface area (Å²) in [4.78, 5) is 2.35. The predicted molar refractivity (Wildman–Crippen MR) is 92.5 cm³/mol. The molecule has 1 aliphatic heterocycles. The largest absolute Gasteiger partial charge is 0.489 e. The molecular formula is C19H24N2O. The lowest BCUT2D eigenvalue weighted by Gasteiger charge is -2.31. The molecule has 2 aromatic carbocycles. The standard InChI is InChI=1S/C19H24N2O/c1-19(2,3)15-6-4-14(5-7-15)13-21-10-11-22-18-12-16(20)8-9-17(18)21/h4-9,12H,10-11,13,20H2,1-3H3. The van der Waals surface area contributed by atoms with Gasteiger partial charge in [0.2, 0.25) is 0 Å². The maximum absolute atomic E-state index is 5.84. The number of benzene rings is 2. The summed E-state index contributed by atoms with van der Waals surface area (Å²) < 4.78 is 5.71. The molecule has 0 saturated heterocycles. The maximum atomic E-state index is 5.84. The molecule has 0 unspecified atom stereocenters. The highest BCUT2D eigenvalue weighted by Gasteiger charge is 2.19. The first kappa shape index (κ1) is 14.8. The van der Waals surface area contributed by atoms with E-state index in [1.807, 2.05) is 18.2 Å². The van der Waals surface area contributed by atoms with Crippen LogP contribution in [0.4, 0.5) is 11.4 Å². The van der Waals surface area contributed by atoms with Crippen molar-refractivity contribution in [2.24, 2.45) is 0 Å². The van der Waals surface area contributed by atoms with Gasteiger partial charge in [-0.1, -0.05) is 45.0 Å². The van der Waals surface area contributed by atoms with E-state index in [2.05, 4.69) is 49.9 Å². The molecule has 3 heteroatoms. The molecule has 0 bridgehead atoms. The number of hydrogen-bond donors (Lipinski definition) is 1.